The summed E-state index contributed by atoms with van der Waals surface area (Å²) in [5.41, 5.74) is 1.53. The minimum absolute atomic E-state index is 0.00109. The van der Waals surface area contributed by atoms with Crippen molar-refractivity contribution >= 4 is 5.78 Å². The van der Waals surface area contributed by atoms with E-state index >= 15 is 0 Å². The lowest BCUT2D eigenvalue weighted by molar-refractivity contribution is 0.0979. The topological polar surface area (TPSA) is 55.8 Å². The van der Waals surface area contributed by atoms with Crippen LogP contribution in [0.25, 0.3) is 0 Å². The minimum atomic E-state index is -0.00109. The third-order valence-electron chi connectivity index (χ3n) is 3.28. The standard InChI is InChI=1S/C17H18O4/c1-20-14-8-10-17(21-2)15(11-14)16(19)9-5-12-3-6-13(18)7-4-12/h3-4,6-8,10-11,18H,5,9H2,1-2H3. The Morgan fingerprint density at radius 1 is 1.05 bits per heavy atom. The molecule has 0 radical (unpaired) electrons. The molecule has 0 aromatic heterocycles. The summed E-state index contributed by atoms with van der Waals surface area (Å²) in [4.78, 5) is 12.3. The van der Waals surface area contributed by atoms with Crippen LogP contribution in [0, 0.1) is 0 Å². The molecule has 0 atom stereocenters. The van der Waals surface area contributed by atoms with Gasteiger partial charge in [-0.2, -0.15) is 0 Å². The summed E-state index contributed by atoms with van der Waals surface area (Å²) < 4.78 is 10.4. The number of aromatic hydroxyl groups is 1. The average molecular weight is 286 g/mol. The van der Waals surface area contributed by atoms with Crippen LogP contribution in [-0.2, 0) is 6.42 Å². The molecular formula is C17H18O4. The summed E-state index contributed by atoms with van der Waals surface area (Å²) in [5, 5.41) is 9.24. The molecule has 21 heavy (non-hydrogen) atoms. The van der Waals surface area contributed by atoms with E-state index in [1.807, 2.05) is 12.1 Å². The number of ether oxygens (including phenoxy) is 2. The summed E-state index contributed by atoms with van der Waals surface area (Å²) in [7, 11) is 3.10. The van der Waals surface area contributed by atoms with Crippen LogP contribution in [0.3, 0.4) is 0 Å². The first kappa shape index (κ1) is 14.9. The van der Waals surface area contributed by atoms with Gasteiger partial charge in [-0.05, 0) is 42.3 Å². The normalized spacial score (nSPS) is 10.2. The van der Waals surface area contributed by atoms with E-state index in [2.05, 4.69) is 0 Å². The molecule has 0 heterocycles. The maximum Gasteiger partial charge on any atom is 0.167 e. The summed E-state index contributed by atoms with van der Waals surface area (Å²) in [6, 6.07) is 12.0. The fraction of sp³-hybridized carbons (Fsp3) is 0.235. The van der Waals surface area contributed by atoms with Gasteiger partial charge in [0.25, 0.3) is 0 Å². The molecular weight excluding hydrogens is 268 g/mol. The van der Waals surface area contributed by atoms with E-state index in [0.717, 1.165) is 5.56 Å². The number of phenolic OH excluding ortho intramolecular Hbond substituents is 1. The average Bonchev–Trinajstić information content (AvgIpc) is 2.53. The molecule has 0 aliphatic carbocycles. The van der Waals surface area contributed by atoms with Crippen molar-refractivity contribution in [3.05, 3.63) is 53.6 Å². The molecule has 0 saturated carbocycles. The van der Waals surface area contributed by atoms with Gasteiger partial charge in [-0.25, -0.2) is 0 Å². The van der Waals surface area contributed by atoms with E-state index in [0.29, 0.717) is 29.9 Å². The molecule has 2 aromatic rings. The van der Waals surface area contributed by atoms with Gasteiger partial charge in [0.15, 0.2) is 5.78 Å². The second kappa shape index (κ2) is 6.79. The Morgan fingerprint density at radius 3 is 2.38 bits per heavy atom. The largest absolute Gasteiger partial charge is 0.508 e. The van der Waals surface area contributed by atoms with Gasteiger partial charge in [0.05, 0.1) is 19.8 Å². The van der Waals surface area contributed by atoms with Gasteiger partial charge < -0.3 is 14.6 Å². The highest BCUT2D eigenvalue weighted by Gasteiger charge is 2.13. The Morgan fingerprint density at radius 2 is 1.76 bits per heavy atom. The van der Waals surface area contributed by atoms with Crippen molar-refractivity contribution in [2.45, 2.75) is 12.8 Å². The zero-order valence-corrected chi connectivity index (χ0v) is 12.1. The third-order valence-corrected chi connectivity index (χ3v) is 3.28. The smallest absolute Gasteiger partial charge is 0.167 e. The number of hydrogen-bond acceptors (Lipinski definition) is 4. The molecule has 2 rings (SSSR count). The van der Waals surface area contributed by atoms with Gasteiger partial charge in [-0.3, -0.25) is 4.79 Å². The SMILES string of the molecule is COc1ccc(OC)c(C(=O)CCc2ccc(O)cc2)c1. The Labute approximate surface area is 123 Å². The second-order valence-electron chi connectivity index (χ2n) is 4.66. The highest BCUT2D eigenvalue weighted by atomic mass is 16.5. The zero-order chi connectivity index (χ0) is 15.2. The van der Waals surface area contributed by atoms with E-state index < -0.39 is 0 Å². The van der Waals surface area contributed by atoms with Crippen LogP contribution in [0.1, 0.15) is 22.3 Å². The molecule has 0 spiro atoms. The van der Waals surface area contributed by atoms with Crippen LogP contribution in [0.4, 0.5) is 0 Å². The van der Waals surface area contributed by atoms with Gasteiger partial charge >= 0.3 is 0 Å². The first-order chi connectivity index (χ1) is 10.1. The molecule has 0 aliphatic heterocycles. The van der Waals surface area contributed by atoms with Crippen molar-refractivity contribution in [1.29, 1.82) is 0 Å². The Bertz CT molecular complexity index is 617. The van der Waals surface area contributed by atoms with Gasteiger partial charge in [0, 0.05) is 6.42 Å². The molecule has 0 bridgehead atoms. The van der Waals surface area contributed by atoms with Crippen molar-refractivity contribution in [2.24, 2.45) is 0 Å². The Balaban J connectivity index is 2.10. The predicted molar refractivity (Wildman–Crippen MR) is 80.3 cm³/mol. The molecule has 0 unspecified atom stereocenters. The number of rotatable bonds is 6. The van der Waals surface area contributed by atoms with E-state index in [4.69, 9.17) is 9.47 Å². The molecule has 2 aromatic carbocycles. The molecule has 4 heteroatoms. The van der Waals surface area contributed by atoms with Gasteiger partial charge in [0.2, 0.25) is 0 Å². The lowest BCUT2D eigenvalue weighted by Crippen LogP contribution is -2.04. The van der Waals surface area contributed by atoms with Crippen molar-refractivity contribution in [3.8, 4) is 17.2 Å². The number of aryl methyl sites for hydroxylation is 1. The number of phenols is 1. The number of hydrogen-bond donors (Lipinski definition) is 1. The predicted octanol–water partition coefficient (Wildman–Crippen LogP) is 3.22. The number of methoxy groups -OCH3 is 2. The summed E-state index contributed by atoms with van der Waals surface area (Å²) in [6.45, 7) is 0. The molecule has 0 fully saturated rings. The Hall–Kier alpha value is -2.49. The number of benzene rings is 2. The highest BCUT2D eigenvalue weighted by Crippen LogP contribution is 2.25. The first-order valence-corrected chi connectivity index (χ1v) is 6.67. The molecule has 110 valence electrons. The Kier molecular flexibility index (Phi) is 4.82. The number of carbonyl (C=O) groups excluding carboxylic acids is 1. The number of ketones is 1. The molecule has 0 amide bonds. The van der Waals surface area contributed by atoms with E-state index in [1.165, 1.54) is 0 Å². The van der Waals surface area contributed by atoms with Crippen LogP contribution < -0.4 is 9.47 Å². The van der Waals surface area contributed by atoms with Crippen LogP contribution in [-0.4, -0.2) is 25.1 Å². The quantitative estimate of drug-likeness (QED) is 0.828. The van der Waals surface area contributed by atoms with E-state index in [1.54, 1.807) is 44.6 Å². The van der Waals surface area contributed by atoms with Crippen LogP contribution in [0.5, 0.6) is 17.2 Å². The van der Waals surface area contributed by atoms with E-state index in [9.17, 15) is 9.90 Å². The first-order valence-electron chi connectivity index (χ1n) is 6.67. The fourth-order valence-electron chi connectivity index (χ4n) is 2.09. The molecule has 0 aliphatic rings. The number of carbonyl (C=O) groups is 1. The summed E-state index contributed by atoms with van der Waals surface area (Å²) in [5.74, 6) is 1.40. The van der Waals surface area contributed by atoms with Crippen molar-refractivity contribution in [1.82, 2.24) is 0 Å². The van der Waals surface area contributed by atoms with Crippen molar-refractivity contribution in [3.63, 3.8) is 0 Å². The third kappa shape index (κ3) is 3.75. The molecule has 0 saturated heterocycles. The van der Waals surface area contributed by atoms with Gasteiger partial charge in [0.1, 0.15) is 17.2 Å². The van der Waals surface area contributed by atoms with Gasteiger partial charge in [-0.15, -0.1) is 0 Å². The summed E-state index contributed by atoms with van der Waals surface area (Å²) in [6.07, 6.45) is 0.980. The summed E-state index contributed by atoms with van der Waals surface area (Å²) >= 11 is 0. The second-order valence-corrected chi connectivity index (χ2v) is 4.66. The van der Waals surface area contributed by atoms with Crippen LogP contribution >= 0.6 is 0 Å². The highest BCUT2D eigenvalue weighted by molar-refractivity contribution is 5.99. The number of Topliss-reactive ketones (excluding diaryl/α,β-unsaturated/α-hetero) is 1. The molecule has 1 N–H and O–H groups in total. The molecule has 4 nitrogen and oxygen atoms in total. The lowest BCUT2D eigenvalue weighted by Gasteiger charge is -2.09. The lowest BCUT2D eigenvalue weighted by atomic mass is 10.0. The van der Waals surface area contributed by atoms with E-state index in [-0.39, 0.29) is 11.5 Å². The van der Waals surface area contributed by atoms with Crippen LogP contribution in [0.2, 0.25) is 0 Å². The minimum Gasteiger partial charge on any atom is -0.508 e. The maximum absolute atomic E-state index is 12.3. The zero-order valence-electron chi connectivity index (χ0n) is 12.1. The van der Waals surface area contributed by atoms with Crippen molar-refractivity contribution < 1.29 is 19.4 Å². The monoisotopic (exact) mass is 286 g/mol. The van der Waals surface area contributed by atoms with Gasteiger partial charge in [-0.1, -0.05) is 12.1 Å². The van der Waals surface area contributed by atoms with Crippen molar-refractivity contribution in [2.75, 3.05) is 14.2 Å². The fourth-order valence-corrected chi connectivity index (χ4v) is 2.09. The van der Waals surface area contributed by atoms with Crippen LogP contribution in [0.15, 0.2) is 42.5 Å². The maximum atomic E-state index is 12.3.